The summed E-state index contributed by atoms with van der Waals surface area (Å²) in [4.78, 5) is 0. The van der Waals surface area contributed by atoms with Gasteiger partial charge in [-0.3, -0.25) is 0 Å². The Bertz CT molecular complexity index is 277. The molecule has 0 aliphatic heterocycles. The van der Waals surface area contributed by atoms with Crippen LogP contribution >= 0.6 is 0 Å². The van der Waals surface area contributed by atoms with E-state index in [4.69, 9.17) is 16.2 Å². The van der Waals surface area contributed by atoms with E-state index >= 15 is 0 Å². The van der Waals surface area contributed by atoms with Gasteiger partial charge in [0.15, 0.2) is 0 Å². The van der Waals surface area contributed by atoms with Crippen LogP contribution < -0.4 is 11.5 Å². The molecule has 0 aromatic heterocycles. The zero-order valence-electron chi connectivity index (χ0n) is 7.49. The van der Waals surface area contributed by atoms with Gasteiger partial charge in [-0.25, -0.2) is 0 Å². The van der Waals surface area contributed by atoms with Crippen molar-refractivity contribution in [3.63, 3.8) is 0 Å². The van der Waals surface area contributed by atoms with Crippen molar-refractivity contribution in [2.24, 2.45) is 0 Å². The molecule has 13 heavy (non-hydrogen) atoms. The van der Waals surface area contributed by atoms with Crippen molar-refractivity contribution < 1.29 is 4.74 Å². The number of hydrogen-bond donors (Lipinski definition) is 2. The molecule has 1 rings (SSSR count). The fraction of sp³-hybridized carbons (Fsp3) is 0.200. The van der Waals surface area contributed by atoms with Crippen LogP contribution in [0.4, 0.5) is 11.4 Å². The molecule has 3 nitrogen and oxygen atoms in total. The molecule has 0 aliphatic rings. The van der Waals surface area contributed by atoms with Crippen LogP contribution in [0.25, 0.3) is 0 Å². The van der Waals surface area contributed by atoms with Crippen LogP contribution in [0.1, 0.15) is 5.56 Å². The molecule has 0 fully saturated rings. The summed E-state index contributed by atoms with van der Waals surface area (Å²) in [6.07, 6.45) is 1.70. The number of ether oxygens (including phenoxy) is 1. The minimum absolute atomic E-state index is 0.515. The van der Waals surface area contributed by atoms with Gasteiger partial charge in [0.05, 0.1) is 13.2 Å². The first-order valence-electron chi connectivity index (χ1n) is 4.06. The van der Waals surface area contributed by atoms with E-state index in [0.29, 0.717) is 24.6 Å². The third-order valence-corrected chi connectivity index (χ3v) is 1.54. The van der Waals surface area contributed by atoms with Crippen LogP contribution in [0.5, 0.6) is 0 Å². The Labute approximate surface area is 78.0 Å². The first-order valence-corrected chi connectivity index (χ1v) is 4.06. The number of anilines is 2. The number of benzene rings is 1. The van der Waals surface area contributed by atoms with Gasteiger partial charge >= 0.3 is 0 Å². The van der Waals surface area contributed by atoms with Gasteiger partial charge in [-0.2, -0.15) is 0 Å². The van der Waals surface area contributed by atoms with Crippen LogP contribution in [-0.2, 0) is 11.3 Å². The Kier molecular flexibility index (Phi) is 3.34. The van der Waals surface area contributed by atoms with E-state index in [1.54, 1.807) is 12.1 Å². The molecule has 4 N–H and O–H groups in total. The first-order chi connectivity index (χ1) is 6.22. The third kappa shape index (κ3) is 3.17. The molecule has 0 saturated heterocycles. The lowest BCUT2D eigenvalue weighted by Gasteiger charge is -2.04. The summed E-state index contributed by atoms with van der Waals surface area (Å²) in [6, 6.07) is 5.41. The minimum Gasteiger partial charge on any atom is -0.399 e. The van der Waals surface area contributed by atoms with Gasteiger partial charge in [0.25, 0.3) is 0 Å². The molecule has 0 spiro atoms. The highest BCUT2D eigenvalue weighted by Crippen LogP contribution is 2.14. The van der Waals surface area contributed by atoms with Crippen LogP contribution in [0.3, 0.4) is 0 Å². The van der Waals surface area contributed by atoms with Gasteiger partial charge in [0, 0.05) is 11.4 Å². The largest absolute Gasteiger partial charge is 0.399 e. The van der Waals surface area contributed by atoms with Crippen molar-refractivity contribution in [1.82, 2.24) is 0 Å². The molecule has 0 amide bonds. The fourth-order valence-electron chi connectivity index (χ4n) is 1.09. The van der Waals surface area contributed by atoms with E-state index < -0.39 is 0 Å². The van der Waals surface area contributed by atoms with Gasteiger partial charge in [-0.1, -0.05) is 6.08 Å². The second-order valence-electron chi connectivity index (χ2n) is 2.81. The summed E-state index contributed by atoms with van der Waals surface area (Å²) in [5.41, 5.74) is 13.5. The predicted molar refractivity (Wildman–Crippen MR) is 55.1 cm³/mol. The molecule has 3 heteroatoms. The van der Waals surface area contributed by atoms with Gasteiger partial charge in [-0.15, -0.1) is 6.58 Å². The molecule has 0 atom stereocenters. The van der Waals surface area contributed by atoms with Crippen molar-refractivity contribution in [2.75, 3.05) is 18.1 Å². The Morgan fingerprint density at radius 3 is 2.38 bits per heavy atom. The lowest BCUT2D eigenvalue weighted by Crippen LogP contribution is -1.96. The number of rotatable bonds is 4. The van der Waals surface area contributed by atoms with E-state index in [-0.39, 0.29) is 0 Å². The van der Waals surface area contributed by atoms with Crippen molar-refractivity contribution in [2.45, 2.75) is 6.61 Å². The van der Waals surface area contributed by atoms with Crippen LogP contribution in [0, 0.1) is 0 Å². The van der Waals surface area contributed by atoms with Crippen molar-refractivity contribution in [3.8, 4) is 0 Å². The summed E-state index contributed by atoms with van der Waals surface area (Å²) in [7, 11) is 0. The second kappa shape index (κ2) is 4.52. The standard InChI is InChI=1S/C10H14N2O/c1-2-3-13-7-8-4-9(11)6-10(12)5-8/h2,4-6H,1,3,7,11-12H2. The maximum absolute atomic E-state index is 5.61. The lowest BCUT2D eigenvalue weighted by molar-refractivity contribution is 0.149. The first kappa shape index (κ1) is 9.61. The third-order valence-electron chi connectivity index (χ3n) is 1.54. The van der Waals surface area contributed by atoms with Crippen molar-refractivity contribution >= 4 is 11.4 Å². The van der Waals surface area contributed by atoms with E-state index in [1.807, 2.05) is 12.1 Å². The van der Waals surface area contributed by atoms with E-state index in [9.17, 15) is 0 Å². The zero-order valence-corrected chi connectivity index (χ0v) is 7.49. The molecule has 0 saturated carbocycles. The van der Waals surface area contributed by atoms with E-state index in [1.165, 1.54) is 0 Å². The Morgan fingerprint density at radius 1 is 1.23 bits per heavy atom. The zero-order chi connectivity index (χ0) is 9.68. The van der Waals surface area contributed by atoms with Gasteiger partial charge in [0.2, 0.25) is 0 Å². The number of nitrogen functional groups attached to an aromatic ring is 2. The molecular formula is C10H14N2O. The Balaban J connectivity index is 2.60. The molecule has 1 aromatic carbocycles. The highest BCUT2D eigenvalue weighted by Gasteiger charge is 1.95. The minimum atomic E-state index is 0.515. The highest BCUT2D eigenvalue weighted by molar-refractivity contribution is 5.54. The molecule has 0 aliphatic carbocycles. The van der Waals surface area contributed by atoms with Crippen LogP contribution in [0.2, 0.25) is 0 Å². The van der Waals surface area contributed by atoms with Crippen molar-refractivity contribution in [3.05, 3.63) is 36.4 Å². The SMILES string of the molecule is C=CCOCc1cc(N)cc(N)c1. The topological polar surface area (TPSA) is 61.3 Å². The molecule has 1 aromatic rings. The predicted octanol–water partition coefficient (Wildman–Crippen LogP) is 1.55. The molecule has 0 heterocycles. The molecule has 0 unspecified atom stereocenters. The van der Waals surface area contributed by atoms with Gasteiger partial charge in [0.1, 0.15) is 0 Å². The normalized spacial score (nSPS) is 9.85. The van der Waals surface area contributed by atoms with Gasteiger partial charge in [-0.05, 0) is 23.8 Å². The smallest absolute Gasteiger partial charge is 0.0722 e. The average Bonchev–Trinajstić information content (AvgIpc) is 2.03. The summed E-state index contributed by atoms with van der Waals surface area (Å²) in [5.74, 6) is 0. The molecular weight excluding hydrogens is 164 g/mol. The lowest BCUT2D eigenvalue weighted by atomic mass is 10.2. The summed E-state index contributed by atoms with van der Waals surface area (Å²) in [6.45, 7) is 4.60. The monoisotopic (exact) mass is 178 g/mol. The number of nitrogens with two attached hydrogens (primary N) is 2. The quantitative estimate of drug-likeness (QED) is 0.418. The Morgan fingerprint density at radius 2 is 1.85 bits per heavy atom. The molecule has 0 bridgehead atoms. The summed E-state index contributed by atoms with van der Waals surface area (Å²) >= 11 is 0. The average molecular weight is 178 g/mol. The molecule has 0 radical (unpaired) electrons. The van der Waals surface area contributed by atoms with Crippen molar-refractivity contribution in [1.29, 1.82) is 0 Å². The molecule has 70 valence electrons. The van der Waals surface area contributed by atoms with E-state index in [0.717, 1.165) is 5.56 Å². The fourth-order valence-corrected chi connectivity index (χ4v) is 1.09. The van der Waals surface area contributed by atoms with Gasteiger partial charge < -0.3 is 16.2 Å². The van der Waals surface area contributed by atoms with Crippen LogP contribution in [-0.4, -0.2) is 6.61 Å². The maximum Gasteiger partial charge on any atom is 0.0722 e. The highest BCUT2D eigenvalue weighted by atomic mass is 16.5. The maximum atomic E-state index is 5.61. The van der Waals surface area contributed by atoms with Crippen LogP contribution in [0.15, 0.2) is 30.9 Å². The second-order valence-corrected chi connectivity index (χ2v) is 2.81. The van der Waals surface area contributed by atoms with E-state index in [2.05, 4.69) is 6.58 Å². The Hall–Kier alpha value is -1.48. The summed E-state index contributed by atoms with van der Waals surface area (Å²) < 4.78 is 5.25. The number of hydrogen-bond acceptors (Lipinski definition) is 3. The summed E-state index contributed by atoms with van der Waals surface area (Å²) in [5, 5.41) is 0.